The minimum Gasteiger partial charge on any atom is -0.205 e. The van der Waals surface area contributed by atoms with E-state index in [4.69, 9.17) is 0 Å². The third-order valence-electron chi connectivity index (χ3n) is 7.26. The highest BCUT2D eigenvalue weighted by Crippen LogP contribution is 2.33. The Kier molecular flexibility index (Phi) is 8.37. The molecule has 174 valence electrons. The summed E-state index contributed by atoms with van der Waals surface area (Å²) in [5, 5.41) is 1.55. The van der Waals surface area contributed by atoms with Crippen LogP contribution in [0.1, 0.15) is 67.2 Å². The van der Waals surface area contributed by atoms with Gasteiger partial charge in [0, 0.05) is 10.9 Å². The normalized spacial score (nSPS) is 17.7. The molecule has 0 N–H and O–H groups in total. The summed E-state index contributed by atoms with van der Waals surface area (Å²) < 4.78 is 15.0. The number of hydrogen-bond acceptors (Lipinski definition) is 0. The minimum atomic E-state index is -0.236. The maximum atomic E-state index is 15.0. The Labute approximate surface area is 204 Å². The number of aryl methyl sites for hydroxylation is 2. The zero-order valence-electron chi connectivity index (χ0n) is 20.2. The lowest BCUT2D eigenvalue weighted by atomic mass is 9.78. The van der Waals surface area contributed by atoms with Gasteiger partial charge in [-0.15, -0.1) is 13.2 Å². The van der Waals surface area contributed by atoms with Crippen LogP contribution < -0.4 is 0 Å². The minimum absolute atomic E-state index is 0.236. The fourth-order valence-electron chi connectivity index (χ4n) is 5.12. The molecular weight excluding hydrogens is 415 g/mol. The standard InChI is InChI=1S/C33H35F/c1-3-5-7-29-19-23-32-31(24-29)22-21-30(33(32)34)20-18-28-16-14-27(15-17-28)13-12-26-10-8-25(6-4-2)9-11-26/h3-4,14-17,19,21-26H,1-2,5-13H2. The molecule has 3 aromatic carbocycles. The Morgan fingerprint density at radius 2 is 1.53 bits per heavy atom. The van der Waals surface area contributed by atoms with Crippen LogP contribution in [0.4, 0.5) is 4.39 Å². The van der Waals surface area contributed by atoms with Crippen LogP contribution in [0.5, 0.6) is 0 Å². The van der Waals surface area contributed by atoms with Gasteiger partial charge in [0.25, 0.3) is 0 Å². The number of halogens is 1. The number of fused-ring (bicyclic) bond motifs is 1. The average molecular weight is 451 g/mol. The first-order valence-electron chi connectivity index (χ1n) is 12.7. The van der Waals surface area contributed by atoms with Gasteiger partial charge in [0.05, 0.1) is 5.56 Å². The topological polar surface area (TPSA) is 0 Å². The molecular formula is C33H35F. The molecule has 34 heavy (non-hydrogen) atoms. The van der Waals surface area contributed by atoms with Gasteiger partial charge in [-0.05, 0) is 91.5 Å². The van der Waals surface area contributed by atoms with Gasteiger partial charge in [-0.2, -0.15) is 0 Å². The summed E-state index contributed by atoms with van der Waals surface area (Å²) >= 11 is 0. The van der Waals surface area contributed by atoms with Crippen molar-refractivity contribution in [3.05, 3.63) is 108 Å². The van der Waals surface area contributed by atoms with Gasteiger partial charge < -0.3 is 0 Å². The fraction of sp³-hybridized carbons (Fsp3) is 0.333. The second-order valence-corrected chi connectivity index (χ2v) is 9.71. The summed E-state index contributed by atoms with van der Waals surface area (Å²) in [6, 6.07) is 18.2. The first-order valence-corrected chi connectivity index (χ1v) is 12.7. The maximum absolute atomic E-state index is 15.0. The summed E-state index contributed by atoms with van der Waals surface area (Å²) in [7, 11) is 0. The lowest BCUT2D eigenvalue weighted by Gasteiger charge is -2.27. The molecule has 0 heterocycles. The summed E-state index contributed by atoms with van der Waals surface area (Å²) in [6.07, 6.45) is 14.8. The molecule has 1 saturated carbocycles. The van der Waals surface area contributed by atoms with Gasteiger partial charge in [0.1, 0.15) is 5.82 Å². The van der Waals surface area contributed by atoms with Crippen LogP contribution in [0.25, 0.3) is 10.8 Å². The predicted octanol–water partition coefficient (Wildman–Crippen LogP) is 8.81. The third kappa shape index (κ3) is 6.27. The van der Waals surface area contributed by atoms with E-state index in [1.807, 2.05) is 24.3 Å². The molecule has 0 atom stereocenters. The molecule has 0 spiro atoms. The van der Waals surface area contributed by atoms with Crippen molar-refractivity contribution < 1.29 is 4.39 Å². The van der Waals surface area contributed by atoms with Crippen LogP contribution in [-0.4, -0.2) is 0 Å². The van der Waals surface area contributed by atoms with Crippen LogP contribution in [0.3, 0.4) is 0 Å². The van der Waals surface area contributed by atoms with E-state index >= 15 is 4.39 Å². The Morgan fingerprint density at radius 1 is 0.794 bits per heavy atom. The van der Waals surface area contributed by atoms with Gasteiger partial charge in [0.2, 0.25) is 0 Å². The predicted molar refractivity (Wildman–Crippen MR) is 143 cm³/mol. The van der Waals surface area contributed by atoms with Crippen LogP contribution in [0, 0.1) is 29.5 Å². The van der Waals surface area contributed by atoms with Crippen molar-refractivity contribution in [2.45, 2.75) is 57.8 Å². The Bertz CT molecular complexity index is 1180. The second kappa shape index (κ2) is 11.8. The molecule has 0 radical (unpaired) electrons. The van der Waals surface area contributed by atoms with E-state index in [0.717, 1.165) is 42.0 Å². The second-order valence-electron chi connectivity index (χ2n) is 9.71. The van der Waals surface area contributed by atoms with Gasteiger partial charge in [-0.3, -0.25) is 0 Å². The van der Waals surface area contributed by atoms with Crippen LogP contribution in [-0.2, 0) is 12.8 Å². The number of benzene rings is 3. The van der Waals surface area contributed by atoms with Crippen LogP contribution in [0.2, 0.25) is 0 Å². The molecule has 4 rings (SSSR count). The zero-order chi connectivity index (χ0) is 23.8. The van der Waals surface area contributed by atoms with Crippen molar-refractivity contribution >= 4 is 10.8 Å². The van der Waals surface area contributed by atoms with Gasteiger partial charge >= 0.3 is 0 Å². The van der Waals surface area contributed by atoms with Crippen molar-refractivity contribution in [1.82, 2.24) is 0 Å². The van der Waals surface area contributed by atoms with E-state index in [9.17, 15) is 0 Å². The van der Waals surface area contributed by atoms with Crippen molar-refractivity contribution in [3.63, 3.8) is 0 Å². The Balaban J connectivity index is 1.36. The molecule has 0 amide bonds. The van der Waals surface area contributed by atoms with E-state index in [-0.39, 0.29) is 5.82 Å². The van der Waals surface area contributed by atoms with E-state index in [1.54, 1.807) is 6.07 Å². The SMILES string of the molecule is C=CCCc1ccc2c(F)c(C#Cc3ccc(CCC4CCC(CC=C)CC4)cc3)ccc2c1. The van der Waals surface area contributed by atoms with Crippen LogP contribution >= 0.6 is 0 Å². The molecule has 0 nitrogen and oxygen atoms in total. The number of allylic oxidation sites excluding steroid dienone is 2. The van der Waals surface area contributed by atoms with E-state index in [0.29, 0.717) is 10.9 Å². The van der Waals surface area contributed by atoms with Gasteiger partial charge in [-0.25, -0.2) is 4.39 Å². The molecule has 0 aromatic heterocycles. The monoisotopic (exact) mass is 450 g/mol. The highest BCUT2D eigenvalue weighted by atomic mass is 19.1. The highest BCUT2D eigenvalue weighted by Gasteiger charge is 2.19. The fourth-order valence-corrected chi connectivity index (χ4v) is 5.12. The van der Waals surface area contributed by atoms with Crippen molar-refractivity contribution in [1.29, 1.82) is 0 Å². The molecule has 0 saturated heterocycles. The molecule has 0 bridgehead atoms. The van der Waals surface area contributed by atoms with Gasteiger partial charge in [-0.1, -0.05) is 73.2 Å². The molecule has 1 aliphatic carbocycles. The average Bonchev–Trinajstić information content (AvgIpc) is 2.87. The first-order chi connectivity index (χ1) is 16.7. The Morgan fingerprint density at radius 3 is 2.26 bits per heavy atom. The highest BCUT2D eigenvalue weighted by molar-refractivity contribution is 5.85. The molecule has 1 aliphatic rings. The smallest absolute Gasteiger partial charge is 0.146 e. The third-order valence-corrected chi connectivity index (χ3v) is 7.26. The zero-order valence-corrected chi connectivity index (χ0v) is 20.2. The maximum Gasteiger partial charge on any atom is 0.146 e. The van der Waals surface area contributed by atoms with E-state index in [2.05, 4.69) is 61.4 Å². The quantitative estimate of drug-likeness (QED) is 0.237. The first kappa shape index (κ1) is 24.0. The lowest BCUT2D eigenvalue weighted by molar-refractivity contribution is 0.265. The van der Waals surface area contributed by atoms with E-state index in [1.165, 1.54) is 49.7 Å². The molecule has 3 aromatic rings. The Hall–Kier alpha value is -3.11. The van der Waals surface area contributed by atoms with Crippen LogP contribution in [0.15, 0.2) is 79.9 Å². The number of hydrogen-bond donors (Lipinski definition) is 0. The summed E-state index contributed by atoms with van der Waals surface area (Å²) in [5.74, 6) is 7.67. The van der Waals surface area contributed by atoms with E-state index < -0.39 is 0 Å². The molecule has 1 fully saturated rings. The summed E-state index contributed by atoms with van der Waals surface area (Å²) in [4.78, 5) is 0. The van der Waals surface area contributed by atoms with Crippen molar-refractivity contribution in [2.75, 3.05) is 0 Å². The molecule has 1 heteroatoms. The number of rotatable bonds is 8. The molecule has 0 aliphatic heterocycles. The lowest BCUT2D eigenvalue weighted by Crippen LogP contribution is -2.14. The largest absolute Gasteiger partial charge is 0.205 e. The summed E-state index contributed by atoms with van der Waals surface area (Å²) in [5.41, 5.74) is 3.93. The van der Waals surface area contributed by atoms with Crippen molar-refractivity contribution in [3.8, 4) is 11.8 Å². The molecule has 0 unspecified atom stereocenters. The van der Waals surface area contributed by atoms with Crippen molar-refractivity contribution in [2.24, 2.45) is 11.8 Å². The summed E-state index contributed by atoms with van der Waals surface area (Å²) in [6.45, 7) is 7.66. The van der Waals surface area contributed by atoms with Gasteiger partial charge in [0.15, 0.2) is 0 Å².